The molecule has 3 heterocycles. The van der Waals surface area contributed by atoms with Crippen molar-refractivity contribution in [2.75, 3.05) is 25.0 Å². The van der Waals surface area contributed by atoms with Gasteiger partial charge in [0.1, 0.15) is 9.90 Å². The average molecular weight is 467 g/mol. The maximum absolute atomic E-state index is 13.0. The molecule has 1 saturated heterocycles. The molecule has 1 amide bonds. The van der Waals surface area contributed by atoms with Crippen LogP contribution in [0.15, 0.2) is 17.3 Å². The number of aromatic nitrogens is 2. The van der Waals surface area contributed by atoms with Crippen LogP contribution in [0.4, 0.5) is 5.00 Å². The highest BCUT2D eigenvalue weighted by molar-refractivity contribution is 7.89. The van der Waals surface area contributed by atoms with Crippen molar-refractivity contribution >= 4 is 38.2 Å². The molecule has 1 atom stereocenters. The third-order valence-corrected chi connectivity index (χ3v) is 8.74. The van der Waals surface area contributed by atoms with E-state index in [2.05, 4.69) is 10.4 Å². The van der Waals surface area contributed by atoms with E-state index in [0.29, 0.717) is 30.0 Å². The predicted octanol–water partition coefficient (Wildman–Crippen LogP) is 2.19. The Bertz CT molecular complexity index is 1110. The summed E-state index contributed by atoms with van der Waals surface area (Å²) in [6.07, 6.45) is 6.63. The molecule has 168 valence electrons. The highest BCUT2D eigenvalue weighted by Gasteiger charge is 2.35. The zero-order valence-electron chi connectivity index (χ0n) is 17.6. The van der Waals surface area contributed by atoms with Crippen molar-refractivity contribution in [2.45, 2.75) is 43.9 Å². The van der Waals surface area contributed by atoms with Gasteiger partial charge in [0.2, 0.25) is 15.9 Å². The third kappa shape index (κ3) is 4.26. The minimum Gasteiger partial charge on any atom is -0.462 e. The molecular weight excluding hydrogens is 440 g/mol. The third-order valence-electron chi connectivity index (χ3n) is 5.71. The number of thiophene rings is 1. The molecule has 0 radical (unpaired) electrons. The summed E-state index contributed by atoms with van der Waals surface area (Å²) in [5.74, 6) is -1.18. The minimum absolute atomic E-state index is 0.100. The first kappa shape index (κ1) is 22.0. The second-order valence-electron chi connectivity index (χ2n) is 7.82. The molecule has 2 aromatic heterocycles. The lowest BCUT2D eigenvalue weighted by molar-refractivity contribution is -0.120. The molecule has 0 aromatic carbocycles. The normalized spacial score (nSPS) is 19.2. The second kappa shape index (κ2) is 8.71. The Morgan fingerprint density at radius 3 is 2.84 bits per heavy atom. The highest BCUT2D eigenvalue weighted by atomic mass is 32.2. The highest BCUT2D eigenvalue weighted by Crippen LogP contribution is 2.40. The van der Waals surface area contributed by atoms with Crippen LogP contribution in [0.2, 0.25) is 0 Å². The van der Waals surface area contributed by atoms with Gasteiger partial charge in [-0.1, -0.05) is 0 Å². The second-order valence-corrected chi connectivity index (χ2v) is 10.9. The van der Waals surface area contributed by atoms with Gasteiger partial charge < -0.3 is 10.1 Å². The van der Waals surface area contributed by atoms with Crippen LogP contribution in [-0.4, -0.2) is 54.1 Å². The van der Waals surface area contributed by atoms with Gasteiger partial charge in [0.15, 0.2) is 0 Å². The zero-order chi connectivity index (χ0) is 22.2. The van der Waals surface area contributed by atoms with E-state index in [1.165, 1.54) is 32.7 Å². The maximum atomic E-state index is 13.0. The first-order chi connectivity index (χ1) is 14.8. The number of sulfonamides is 1. The Morgan fingerprint density at radius 1 is 1.32 bits per heavy atom. The van der Waals surface area contributed by atoms with Crippen LogP contribution >= 0.6 is 11.3 Å². The number of ether oxygens (including phenoxy) is 1. The summed E-state index contributed by atoms with van der Waals surface area (Å²) < 4.78 is 33.8. The molecule has 1 aliphatic carbocycles. The van der Waals surface area contributed by atoms with E-state index in [-0.39, 0.29) is 24.0 Å². The molecule has 1 aliphatic heterocycles. The van der Waals surface area contributed by atoms with E-state index >= 15 is 0 Å². The summed E-state index contributed by atoms with van der Waals surface area (Å²) in [6, 6.07) is 0. The summed E-state index contributed by atoms with van der Waals surface area (Å²) in [6.45, 7) is 2.48. The van der Waals surface area contributed by atoms with Crippen molar-refractivity contribution < 1.29 is 22.7 Å². The number of piperidine rings is 1. The fourth-order valence-corrected chi connectivity index (χ4v) is 6.97. The van der Waals surface area contributed by atoms with Crippen LogP contribution in [0.25, 0.3) is 0 Å². The number of carbonyl (C=O) groups excluding carboxylic acids is 2. The van der Waals surface area contributed by atoms with Gasteiger partial charge >= 0.3 is 5.97 Å². The number of amides is 1. The van der Waals surface area contributed by atoms with Crippen molar-refractivity contribution in [3.05, 3.63) is 28.4 Å². The average Bonchev–Trinajstić information content (AvgIpc) is 3.44. The molecule has 2 aliphatic rings. The first-order valence-corrected chi connectivity index (χ1v) is 12.7. The lowest BCUT2D eigenvalue weighted by atomic mass is 9.99. The van der Waals surface area contributed by atoms with Crippen LogP contribution in [-0.2, 0) is 39.4 Å². The fourth-order valence-electron chi connectivity index (χ4n) is 4.18. The summed E-state index contributed by atoms with van der Waals surface area (Å²) >= 11 is 1.43. The van der Waals surface area contributed by atoms with Crippen molar-refractivity contribution in [2.24, 2.45) is 13.0 Å². The summed E-state index contributed by atoms with van der Waals surface area (Å²) in [5.41, 5.74) is 1.44. The molecule has 1 fully saturated rings. The zero-order valence-corrected chi connectivity index (χ0v) is 19.2. The fraction of sp³-hybridized carbons (Fsp3) is 0.550. The predicted molar refractivity (Wildman–Crippen MR) is 116 cm³/mol. The smallest absolute Gasteiger partial charge is 0.341 e. The van der Waals surface area contributed by atoms with Gasteiger partial charge in [-0.15, -0.1) is 11.3 Å². The van der Waals surface area contributed by atoms with Gasteiger partial charge in [0.05, 0.1) is 24.3 Å². The number of esters is 1. The van der Waals surface area contributed by atoms with Crippen LogP contribution in [0.3, 0.4) is 0 Å². The molecule has 31 heavy (non-hydrogen) atoms. The molecular formula is C20H26N4O5S2. The van der Waals surface area contributed by atoms with Crippen LogP contribution in [0, 0.1) is 5.92 Å². The first-order valence-electron chi connectivity index (χ1n) is 10.4. The molecule has 4 rings (SSSR count). The lowest BCUT2D eigenvalue weighted by Crippen LogP contribution is -2.43. The van der Waals surface area contributed by atoms with Crippen LogP contribution in [0.5, 0.6) is 0 Å². The van der Waals surface area contributed by atoms with Crippen molar-refractivity contribution in [3.8, 4) is 0 Å². The molecule has 0 unspecified atom stereocenters. The van der Waals surface area contributed by atoms with E-state index in [9.17, 15) is 18.0 Å². The van der Waals surface area contributed by atoms with Gasteiger partial charge in [-0.3, -0.25) is 9.48 Å². The topological polar surface area (TPSA) is 111 Å². The van der Waals surface area contributed by atoms with Gasteiger partial charge in [-0.25, -0.2) is 13.2 Å². The van der Waals surface area contributed by atoms with E-state index in [1.54, 1.807) is 14.0 Å². The van der Waals surface area contributed by atoms with Gasteiger partial charge in [0.25, 0.3) is 0 Å². The van der Waals surface area contributed by atoms with Crippen LogP contribution in [0.1, 0.15) is 47.0 Å². The Labute approximate surface area is 185 Å². The number of hydrogen-bond donors (Lipinski definition) is 1. The Morgan fingerprint density at radius 2 is 2.13 bits per heavy atom. The van der Waals surface area contributed by atoms with E-state index in [1.807, 2.05) is 0 Å². The van der Waals surface area contributed by atoms with E-state index < -0.39 is 21.9 Å². The number of rotatable bonds is 6. The number of aryl methyl sites for hydroxylation is 2. The quantitative estimate of drug-likeness (QED) is 0.654. The molecule has 9 nitrogen and oxygen atoms in total. The number of anilines is 1. The number of carbonyl (C=O) groups is 2. The standard InChI is InChI=1S/C20H26N4O5S2/c1-3-29-20(26)17-15-7-4-8-16(15)30-19(17)22-18(25)13-6-5-9-24(11-13)31(27,28)14-10-21-23(2)12-14/h10,12-13H,3-9,11H2,1-2H3,(H,22,25)/t13-/m1/s1. The molecule has 2 aromatic rings. The van der Waals surface area contributed by atoms with Crippen molar-refractivity contribution in [3.63, 3.8) is 0 Å². The Hall–Kier alpha value is -2.24. The Kier molecular flexibility index (Phi) is 6.18. The molecule has 0 saturated carbocycles. The number of fused-ring (bicyclic) bond motifs is 1. The van der Waals surface area contributed by atoms with Gasteiger partial charge in [-0.05, 0) is 44.6 Å². The molecule has 1 N–H and O–H groups in total. The minimum atomic E-state index is -3.71. The lowest BCUT2D eigenvalue weighted by Gasteiger charge is -2.30. The molecule has 0 spiro atoms. The van der Waals surface area contributed by atoms with Gasteiger partial charge in [-0.2, -0.15) is 9.40 Å². The SMILES string of the molecule is CCOC(=O)c1c(NC(=O)[C@@H]2CCCN(S(=O)(=O)c3cnn(C)c3)C2)sc2c1CCC2. The summed E-state index contributed by atoms with van der Waals surface area (Å²) in [5, 5.41) is 7.36. The maximum Gasteiger partial charge on any atom is 0.341 e. The summed E-state index contributed by atoms with van der Waals surface area (Å²) in [7, 11) is -2.05. The van der Waals surface area contributed by atoms with Crippen molar-refractivity contribution in [1.82, 2.24) is 14.1 Å². The summed E-state index contributed by atoms with van der Waals surface area (Å²) in [4.78, 5) is 26.8. The number of nitrogens with one attached hydrogen (secondary N) is 1. The van der Waals surface area contributed by atoms with Gasteiger partial charge in [0, 0.05) is 31.2 Å². The molecule has 11 heteroatoms. The van der Waals surface area contributed by atoms with E-state index in [4.69, 9.17) is 4.74 Å². The Balaban J connectivity index is 1.51. The van der Waals surface area contributed by atoms with E-state index in [0.717, 1.165) is 29.7 Å². The van der Waals surface area contributed by atoms with Crippen LogP contribution < -0.4 is 5.32 Å². The monoisotopic (exact) mass is 466 g/mol. The van der Waals surface area contributed by atoms with Crippen molar-refractivity contribution in [1.29, 1.82) is 0 Å². The molecule has 0 bridgehead atoms. The number of hydrogen-bond acceptors (Lipinski definition) is 7. The number of nitrogens with zero attached hydrogens (tertiary/aromatic N) is 3. The largest absolute Gasteiger partial charge is 0.462 e.